The van der Waals surface area contributed by atoms with E-state index in [9.17, 15) is 0 Å². The van der Waals surface area contributed by atoms with E-state index in [0.717, 1.165) is 44.5 Å². The Labute approximate surface area is 164 Å². The van der Waals surface area contributed by atoms with Crippen LogP contribution in [0.25, 0.3) is 0 Å². The number of ether oxygens (including phenoxy) is 1. The molecule has 0 radical (unpaired) electrons. The molecular weight excluding hydrogens is 338 g/mol. The number of pyridine rings is 1. The number of aromatic nitrogens is 1. The first kappa shape index (κ1) is 19.9. The molecule has 1 N–H and O–H groups in total. The molecule has 0 bridgehead atoms. The Hall–Kier alpha value is -1.82. The van der Waals surface area contributed by atoms with Crippen molar-refractivity contribution in [3.8, 4) is 0 Å². The van der Waals surface area contributed by atoms with Crippen molar-refractivity contribution in [1.82, 2.24) is 15.2 Å². The summed E-state index contributed by atoms with van der Waals surface area (Å²) >= 11 is 0. The summed E-state index contributed by atoms with van der Waals surface area (Å²) in [4.78, 5) is 13.9. The number of guanidine groups is 1. The summed E-state index contributed by atoms with van der Waals surface area (Å²) in [7, 11) is 1.87. The lowest BCUT2D eigenvalue weighted by Crippen LogP contribution is -2.48. The Bertz CT molecular complexity index is 612. The molecule has 3 rings (SSSR count). The van der Waals surface area contributed by atoms with Crippen LogP contribution in [0, 0.1) is 11.8 Å². The third kappa shape index (κ3) is 5.34. The van der Waals surface area contributed by atoms with Gasteiger partial charge in [-0.05, 0) is 43.7 Å². The maximum atomic E-state index is 5.81. The number of likely N-dealkylation sites (tertiary alicyclic amines) is 1. The van der Waals surface area contributed by atoms with E-state index < -0.39 is 0 Å². The molecule has 0 aliphatic carbocycles. The van der Waals surface area contributed by atoms with E-state index in [4.69, 9.17) is 4.74 Å². The van der Waals surface area contributed by atoms with Gasteiger partial charge in [0.25, 0.3) is 0 Å². The lowest BCUT2D eigenvalue weighted by molar-refractivity contribution is -0.00545. The van der Waals surface area contributed by atoms with Gasteiger partial charge in [0.05, 0.1) is 12.2 Å². The first-order valence-electron chi connectivity index (χ1n) is 10.3. The fourth-order valence-electron chi connectivity index (χ4n) is 4.42. The predicted molar refractivity (Wildman–Crippen MR) is 111 cm³/mol. The number of hydrogen-bond acceptors (Lipinski definition) is 4. The summed E-state index contributed by atoms with van der Waals surface area (Å²) in [6, 6.07) is 4.28. The topological polar surface area (TPSA) is 53.0 Å². The normalized spacial score (nSPS) is 29.7. The van der Waals surface area contributed by atoms with Gasteiger partial charge in [-0.3, -0.25) is 4.99 Å². The number of anilines is 1. The molecule has 2 fully saturated rings. The maximum absolute atomic E-state index is 5.81. The quantitative estimate of drug-likeness (QED) is 0.652. The molecule has 1 aromatic rings. The van der Waals surface area contributed by atoms with Crippen molar-refractivity contribution in [2.75, 3.05) is 38.1 Å². The monoisotopic (exact) mass is 373 g/mol. The summed E-state index contributed by atoms with van der Waals surface area (Å²) in [5, 5.41) is 3.51. The van der Waals surface area contributed by atoms with Crippen LogP contribution in [0.1, 0.15) is 39.7 Å². The summed E-state index contributed by atoms with van der Waals surface area (Å²) in [5.41, 5.74) is 1.17. The number of piperidine rings is 1. The lowest BCUT2D eigenvalue weighted by atomic mass is 9.92. The highest BCUT2D eigenvalue weighted by atomic mass is 16.5. The Kier molecular flexibility index (Phi) is 6.58. The van der Waals surface area contributed by atoms with Crippen molar-refractivity contribution < 1.29 is 4.74 Å². The van der Waals surface area contributed by atoms with Crippen LogP contribution in [-0.4, -0.2) is 61.3 Å². The minimum Gasteiger partial charge on any atom is -0.372 e. The Morgan fingerprint density at radius 3 is 2.33 bits per heavy atom. The minimum atomic E-state index is 0.245. The first-order valence-corrected chi connectivity index (χ1v) is 10.3. The van der Waals surface area contributed by atoms with Gasteiger partial charge in [0.15, 0.2) is 5.96 Å². The molecule has 4 unspecified atom stereocenters. The van der Waals surface area contributed by atoms with Crippen molar-refractivity contribution in [2.24, 2.45) is 16.8 Å². The number of rotatable bonds is 3. The Morgan fingerprint density at radius 2 is 1.78 bits per heavy atom. The van der Waals surface area contributed by atoms with Crippen LogP contribution in [0.3, 0.4) is 0 Å². The molecule has 2 saturated heterocycles. The van der Waals surface area contributed by atoms with Crippen molar-refractivity contribution in [2.45, 2.75) is 52.9 Å². The second kappa shape index (κ2) is 8.91. The molecule has 1 aromatic heterocycles. The zero-order valence-electron chi connectivity index (χ0n) is 17.5. The number of nitrogens with one attached hydrogen (secondary N) is 1. The smallest absolute Gasteiger partial charge is 0.193 e. The molecular formula is C21H35N5O. The maximum Gasteiger partial charge on any atom is 0.193 e. The van der Waals surface area contributed by atoms with Crippen LogP contribution in [0.4, 0.5) is 5.82 Å². The second-order valence-electron chi connectivity index (χ2n) is 8.44. The van der Waals surface area contributed by atoms with E-state index >= 15 is 0 Å². The third-order valence-electron chi connectivity index (χ3n) is 5.38. The largest absolute Gasteiger partial charge is 0.372 e. The third-order valence-corrected chi connectivity index (χ3v) is 5.38. The van der Waals surface area contributed by atoms with Crippen LogP contribution in [-0.2, 0) is 11.3 Å². The van der Waals surface area contributed by atoms with E-state index in [1.54, 1.807) is 0 Å². The molecule has 2 aliphatic rings. The zero-order chi connectivity index (χ0) is 19.4. The van der Waals surface area contributed by atoms with Gasteiger partial charge in [-0.1, -0.05) is 19.9 Å². The van der Waals surface area contributed by atoms with Crippen LogP contribution < -0.4 is 10.2 Å². The molecule has 6 nitrogen and oxygen atoms in total. The minimum absolute atomic E-state index is 0.245. The van der Waals surface area contributed by atoms with E-state index in [1.165, 1.54) is 12.0 Å². The molecule has 2 aliphatic heterocycles. The van der Waals surface area contributed by atoms with E-state index in [0.29, 0.717) is 11.8 Å². The van der Waals surface area contributed by atoms with Crippen LogP contribution in [0.2, 0.25) is 0 Å². The zero-order valence-corrected chi connectivity index (χ0v) is 17.5. The van der Waals surface area contributed by atoms with E-state index in [1.807, 2.05) is 13.2 Å². The van der Waals surface area contributed by atoms with Gasteiger partial charge >= 0.3 is 0 Å². The van der Waals surface area contributed by atoms with Gasteiger partial charge < -0.3 is 19.9 Å². The summed E-state index contributed by atoms with van der Waals surface area (Å²) in [6.07, 6.45) is 3.77. The van der Waals surface area contributed by atoms with E-state index in [2.05, 4.69) is 64.9 Å². The standard InChI is InChI=1S/C21H35N5O/c1-15-8-16(2)12-26(11-15)21(22-5)24-10-19-6-7-20(23-9-19)25-13-17(3)27-18(4)14-25/h6-7,9,15-18H,8,10-14H2,1-5H3,(H,22,24). The summed E-state index contributed by atoms with van der Waals surface area (Å²) in [5.74, 6) is 3.45. The average molecular weight is 374 g/mol. The highest BCUT2D eigenvalue weighted by Gasteiger charge is 2.24. The number of nitrogens with zero attached hydrogens (tertiary/aromatic N) is 4. The first-order chi connectivity index (χ1) is 12.9. The summed E-state index contributed by atoms with van der Waals surface area (Å²) in [6.45, 7) is 13.6. The highest BCUT2D eigenvalue weighted by Crippen LogP contribution is 2.21. The highest BCUT2D eigenvalue weighted by molar-refractivity contribution is 5.80. The molecule has 3 heterocycles. The summed E-state index contributed by atoms with van der Waals surface area (Å²) < 4.78 is 5.81. The molecule has 6 heteroatoms. The van der Waals surface area contributed by atoms with Gasteiger partial charge in [0.2, 0.25) is 0 Å². The van der Waals surface area contributed by atoms with Gasteiger partial charge in [-0.25, -0.2) is 4.98 Å². The van der Waals surface area contributed by atoms with Crippen molar-refractivity contribution >= 4 is 11.8 Å². The lowest BCUT2D eigenvalue weighted by Gasteiger charge is -2.37. The number of aliphatic imine (C=N–C) groups is 1. The van der Waals surface area contributed by atoms with Gasteiger partial charge in [-0.2, -0.15) is 0 Å². The second-order valence-corrected chi connectivity index (χ2v) is 8.44. The molecule has 27 heavy (non-hydrogen) atoms. The van der Waals surface area contributed by atoms with Crippen LogP contribution in [0.5, 0.6) is 0 Å². The molecule has 0 aromatic carbocycles. The predicted octanol–water partition coefficient (Wildman–Crippen LogP) is 2.75. The van der Waals surface area contributed by atoms with Crippen molar-refractivity contribution in [3.05, 3.63) is 23.9 Å². The van der Waals surface area contributed by atoms with Crippen LogP contribution in [0.15, 0.2) is 23.3 Å². The molecule has 150 valence electrons. The molecule has 0 saturated carbocycles. The van der Waals surface area contributed by atoms with Gasteiger partial charge in [0, 0.05) is 46.0 Å². The Morgan fingerprint density at radius 1 is 1.11 bits per heavy atom. The SMILES string of the molecule is CN=C(NCc1ccc(N2CC(C)OC(C)C2)nc1)N1CC(C)CC(C)C1. The molecule has 0 amide bonds. The van der Waals surface area contributed by atoms with Crippen LogP contribution >= 0.6 is 0 Å². The Balaban J connectivity index is 1.56. The number of morpholine rings is 1. The molecule has 4 atom stereocenters. The molecule has 0 spiro atoms. The van der Waals surface area contributed by atoms with Gasteiger partial charge in [0.1, 0.15) is 5.82 Å². The van der Waals surface area contributed by atoms with Crippen molar-refractivity contribution in [3.63, 3.8) is 0 Å². The fraction of sp³-hybridized carbons (Fsp3) is 0.714. The van der Waals surface area contributed by atoms with Crippen molar-refractivity contribution in [1.29, 1.82) is 0 Å². The van der Waals surface area contributed by atoms with E-state index in [-0.39, 0.29) is 12.2 Å². The number of hydrogen-bond donors (Lipinski definition) is 1. The fourth-order valence-corrected chi connectivity index (χ4v) is 4.42. The average Bonchev–Trinajstić information content (AvgIpc) is 2.61. The van der Waals surface area contributed by atoms with Gasteiger partial charge in [-0.15, -0.1) is 0 Å².